The summed E-state index contributed by atoms with van der Waals surface area (Å²) in [6, 6.07) is 1.78. The van der Waals surface area contributed by atoms with Gasteiger partial charge in [-0.25, -0.2) is 4.98 Å². The van der Waals surface area contributed by atoms with E-state index in [1.165, 1.54) is 11.3 Å². The van der Waals surface area contributed by atoms with Gasteiger partial charge in [0, 0.05) is 49.4 Å². The highest BCUT2D eigenvalue weighted by Gasteiger charge is 2.05. The molecule has 118 valence electrons. The minimum Gasteiger partial charge on any atom is -0.356 e. The van der Waals surface area contributed by atoms with E-state index in [2.05, 4.69) is 15.6 Å². The molecule has 0 aliphatic heterocycles. The Kier molecular flexibility index (Phi) is 6.63. The maximum atomic E-state index is 11.7. The van der Waals surface area contributed by atoms with Crippen molar-refractivity contribution < 1.29 is 9.59 Å². The van der Waals surface area contributed by atoms with Crippen LogP contribution in [0.25, 0.3) is 0 Å². The van der Waals surface area contributed by atoms with Crippen molar-refractivity contribution in [1.29, 1.82) is 0 Å². The molecule has 0 atom stereocenters. The van der Waals surface area contributed by atoms with Crippen LogP contribution in [0.4, 0.5) is 0 Å². The number of hydrogen-bond donors (Lipinski definition) is 2. The van der Waals surface area contributed by atoms with Crippen molar-refractivity contribution >= 4 is 23.2 Å². The number of carbonyl (C=O) groups is 2. The molecule has 2 amide bonds. The molecule has 7 heteroatoms. The Hall–Kier alpha value is -2.15. The summed E-state index contributed by atoms with van der Waals surface area (Å²) in [4.78, 5) is 27.3. The van der Waals surface area contributed by atoms with Gasteiger partial charge in [-0.2, -0.15) is 11.3 Å². The van der Waals surface area contributed by atoms with Crippen molar-refractivity contribution in [2.45, 2.75) is 25.8 Å². The quantitative estimate of drug-likeness (QED) is 0.690. The summed E-state index contributed by atoms with van der Waals surface area (Å²) in [6.45, 7) is 2.01. The van der Waals surface area contributed by atoms with Gasteiger partial charge in [0.2, 0.25) is 5.91 Å². The van der Waals surface area contributed by atoms with Crippen LogP contribution in [-0.4, -0.2) is 34.5 Å². The Labute approximate surface area is 133 Å². The van der Waals surface area contributed by atoms with Crippen LogP contribution in [-0.2, 0) is 11.3 Å². The average Bonchev–Trinajstić information content (AvgIpc) is 3.21. The lowest BCUT2D eigenvalue weighted by molar-refractivity contribution is -0.121. The number of thiophene rings is 1. The monoisotopic (exact) mass is 320 g/mol. The van der Waals surface area contributed by atoms with Crippen LogP contribution in [0.1, 0.15) is 29.6 Å². The van der Waals surface area contributed by atoms with Gasteiger partial charge >= 0.3 is 0 Å². The molecule has 2 aromatic rings. The molecule has 0 aliphatic rings. The van der Waals surface area contributed by atoms with E-state index in [1.54, 1.807) is 18.6 Å². The third-order valence-corrected chi connectivity index (χ3v) is 3.81. The summed E-state index contributed by atoms with van der Waals surface area (Å²) < 4.78 is 1.98. The SMILES string of the molecule is O=C(CCCNC(=O)c1ccsc1)NCCCn1ccnc1. The Balaban J connectivity index is 1.48. The number of nitrogens with zero attached hydrogens (tertiary/aromatic N) is 2. The molecule has 0 radical (unpaired) electrons. The van der Waals surface area contributed by atoms with Crippen molar-refractivity contribution in [3.05, 3.63) is 41.1 Å². The number of carbonyl (C=O) groups excluding carboxylic acids is 2. The fourth-order valence-corrected chi connectivity index (χ4v) is 2.58. The van der Waals surface area contributed by atoms with Gasteiger partial charge in [-0.3, -0.25) is 9.59 Å². The highest BCUT2D eigenvalue weighted by atomic mass is 32.1. The van der Waals surface area contributed by atoms with Crippen molar-refractivity contribution in [2.24, 2.45) is 0 Å². The zero-order valence-electron chi connectivity index (χ0n) is 12.3. The molecule has 0 unspecified atom stereocenters. The Morgan fingerprint density at radius 1 is 1.23 bits per heavy atom. The minimum atomic E-state index is -0.0815. The largest absolute Gasteiger partial charge is 0.356 e. The zero-order chi connectivity index (χ0) is 15.6. The van der Waals surface area contributed by atoms with E-state index in [1.807, 2.05) is 21.5 Å². The first-order valence-electron chi connectivity index (χ1n) is 7.28. The van der Waals surface area contributed by atoms with E-state index in [0.717, 1.165) is 13.0 Å². The summed E-state index contributed by atoms with van der Waals surface area (Å²) in [5.74, 6) is -0.0580. The van der Waals surface area contributed by atoms with Crippen molar-refractivity contribution in [3.63, 3.8) is 0 Å². The normalized spacial score (nSPS) is 10.4. The molecule has 2 N–H and O–H groups in total. The molecular formula is C15H20N4O2S. The lowest BCUT2D eigenvalue weighted by atomic mass is 10.2. The third-order valence-electron chi connectivity index (χ3n) is 3.12. The van der Waals surface area contributed by atoms with Gasteiger partial charge in [0.05, 0.1) is 6.33 Å². The van der Waals surface area contributed by atoms with Gasteiger partial charge in [-0.15, -0.1) is 0 Å². The first-order valence-corrected chi connectivity index (χ1v) is 8.23. The second kappa shape index (κ2) is 8.99. The standard InChI is InChI=1S/C15H20N4O2S/c20-14(17-6-2-8-19-9-7-16-12-19)3-1-5-18-15(21)13-4-10-22-11-13/h4,7,9-12H,1-3,5-6,8H2,(H,17,20)(H,18,21). The summed E-state index contributed by atoms with van der Waals surface area (Å²) in [6.07, 6.45) is 7.34. The summed E-state index contributed by atoms with van der Waals surface area (Å²) in [7, 11) is 0. The Morgan fingerprint density at radius 3 is 2.82 bits per heavy atom. The molecule has 0 aromatic carbocycles. The first-order chi connectivity index (χ1) is 10.8. The molecule has 22 heavy (non-hydrogen) atoms. The Morgan fingerprint density at radius 2 is 2.09 bits per heavy atom. The van der Waals surface area contributed by atoms with Crippen LogP contribution >= 0.6 is 11.3 Å². The lowest BCUT2D eigenvalue weighted by Crippen LogP contribution is -2.28. The predicted molar refractivity (Wildman–Crippen MR) is 85.7 cm³/mol. The molecule has 0 spiro atoms. The number of nitrogens with one attached hydrogen (secondary N) is 2. The molecule has 0 fully saturated rings. The summed E-state index contributed by atoms with van der Waals surface area (Å²) in [5.41, 5.74) is 0.675. The molecule has 0 saturated heterocycles. The number of imidazole rings is 1. The van der Waals surface area contributed by atoms with Gasteiger partial charge < -0.3 is 15.2 Å². The fraction of sp³-hybridized carbons (Fsp3) is 0.400. The lowest BCUT2D eigenvalue weighted by Gasteiger charge is -2.06. The van der Waals surface area contributed by atoms with Gasteiger partial charge in [0.25, 0.3) is 5.91 Å². The topological polar surface area (TPSA) is 76.0 Å². The molecule has 2 aromatic heterocycles. The third kappa shape index (κ3) is 5.69. The number of rotatable bonds is 9. The number of aryl methyl sites for hydroxylation is 1. The van der Waals surface area contributed by atoms with Crippen LogP contribution in [0.15, 0.2) is 35.5 Å². The number of aromatic nitrogens is 2. The van der Waals surface area contributed by atoms with Crippen LogP contribution in [0, 0.1) is 0 Å². The maximum Gasteiger partial charge on any atom is 0.252 e. The van der Waals surface area contributed by atoms with E-state index >= 15 is 0 Å². The van der Waals surface area contributed by atoms with E-state index < -0.39 is 0 Å². The molecule has 2 rings (SSSR count). The van der Waals surface area contributed by atoms with Gasteiger partial charge in [-0.05, 0) is 24.3 Å². The Bertz CT molecular complexity index is 566. The van der Waals surface area contributed by atoms with Gasteiger partial charge in [-0.1, -0.05) is 0 Å². The van der Waals surface area contributed by atoms with Crippen LogP contribution < -0.4 is 10.6 Å². The summed E-state index contributed by atoms with van der Waals surface area (Å²) >= 11 is 1.49. The van der Waals surface area contributed by atoms with Crippen LogP contribution in [0.5, 0.6) is 0 Å². The molecular weight excluding hydrogens is 300 g/mol. The van der Waals surface area contributed by atoms with Crippen molar-refractivity contribution in [3.8, 4) is 0 Å². The van der Waals surface area contributed by atoms with Crippen molar-refractivity contribution in [2.75, 3.05) is 13.1 Å². The second-order valence-corrected chi connectivity index (χ2v) is 5.66. The van der Waals surface area contributed by atoms with E-state index in [4.69, 9.17) is 0 Å². The molecule has 0 aliphatic carbocycles. The smallest absolute Gasteiger partial charge is 0.252 e. The molecule has 0 saturated carbocycles. The average molecular weight is 320 g/mol. The predicted octanol–water partition coefficient (Wildman–Crippen LogP) is 1.66. The number of amides is 2. The van der Waals surface area contributed by atoms with Crippen molar-refractivity contribution in [1.82, 2.24) is 20.2 Å². The van der Waals surface area contributed by atoms with E-state index in [-0.39, 0.29) is 11.8 Å². The van der Waals surface area contributed by atoms with E-state index in [9.17, 15) is 9.59 Å². The fourth-order valence-electron chi connectivity index (χ4n) is 1.94. The highest BCUT2D eigenvalue weighted by Crippen LogP contribution is 2.05. The van der Waals surface area contributed by atoms with Gasteiger partial charge in [0.15, 0.2) is 0 Å². The minimum absolute atomic E-state index is 0.0235. The summed E-state index contributed by atoms with van der Waals surface area (Å²) in [5, 5.41) is 9.36. The molecule has 0 bridgehead atoms. The highest BCUT2D eigenvalue weighted by molar-refractivity contribution is 7.08. The molecule has 6 nitrogen and oxygen atoms in total. The van der Waals surface area contributed by atoms with E-state index in [0.29, 0.717) is 31.5 Å². The van der Waals surface area contributed by atoms with Crippen LogP contribution in [0.3, 0.4) is 0 Å². The maximum absolute atomic E-state index is 11.7. The van der Waals surface area contributed by atoms with Crippen LogP contribution in [0.2, 0.25) is 0 Å². The second-order valence-electron chi connectivity index (χ2n) is 4.88. The first kappa shape index (κ1) is 16.2. The number of hydrogen-bond acceptors (Lipinski definition) is 4. The molecule has 2 heterocycles. The van der Waals surface area contributed by atoms with Gasteiger partial charge in [0.1, 0.15) is 0 Å². The zero-order valence-corrected chi connectivity index (χ0v) is 13.1.